The van der Waals surface area contributed by atoms with Gasteiger partial charge in [-0.2, -0.15) is 0 Å². The maximum atomic E-state index is 12.4. The highest BCUT2D eigenvalue weighted by molar-refractivity contribution is 5.84. The van der Waals surface area contributed by atoms with Crippen LogP contribution in [0.15, 0.2) is 0 Å². The van der Waals surface area contributed by atoms with E-state index in [9.17, 15) is 19.5 Å². The summed E-state index contributed by atoms with van der Waals surface area (Å²) in [5.41, 5.74) is 0. The predicted molar refractivity (Wildman–Crippen MR) is 72.5 cm³/mol. The Hall–Kier alpha value is -1.83. The van der Waals surface area contributed by atoms with E-state index in [1.807, 2.05) is 0 Å². The second-order valence-corrected chi connectivity index (χ2v) is 5.55. The van der Waals surface area contributed by atoms with E-state index in [0.29, 0.717) is 25.9 Å². The molecule has 118 valence electrons. The molecule has 2 aliphatic heterocycles. The highest BCUT2D eigenvalue weighted by Crippen LogP contribution is 2.23. The molecule has 3 amide bonds. The number of piperidine rings is 1. The molecule has 2 fully saturated rings. The number of carboxylic acid groups (broad SMARTS) is 1. The second-order valence-electron chi connectivity index (χ2n) is 5.55. The van der Waals surface area contributed by atoms with Crippen molar-refractivity contribution in [1.82, 2.24) is 15.1 Å². The summed E-state index contributed by atoms with van der Waals surface area (Å²) in [5.74, 6) is -1.22. The lowest BCUT2D eigenvalue weighted by molar-refractivity contribution is -0.141. The lowest BCUT2D eigenvalue weighted by atomic mass is 9.96. The fourth-order valence-corrected chi connectivity index (χ4v) is 2.98. The molecule has 21 heavy (non-hydrogen) atoms. The van der Waals surface area contributed by atoms with Crippen molar-refractivity contribution in [3.63, 3.8) is 0 Å². The van der Waals surface area contributed by atoms with Gasteiger partial charge in [0.1, 0.15) is 6.04 Å². The number of aliphatic hydroxyl groups is 1. The van der Waals surface area contributed by atoms with Crippen LogP contribution in [0.25, 0.3) is 0 Å². The number of β-amino-alcohol motifs (C(OH)–C–C–N with tert-alkyl or cyclic N) is 1. The summed E-state index contributed by atoms with van der Waals surface area (Å²) in [6.07, 6.45) is 0.410. The molecule has 3 N–H and O–H groups in total. The highest BCUT2D eigenvalue weighted by Gasteiger charge is 2.41. The van der Waals surface area contributed by atoms with Crippen LogP contribution in [-0.4, -0.2) is 76.7 Å². The van der Waals surface area contributed by atoms with Crippen molar-refractivity contribution >= 4 is 17.9 Å². The average Bonchev–Trinajstić information content (AvgIpc) is 2.88. The first kappa shape index (κ1) is 15.6. The third kappa shape index (κ3) is 3.26. The maximum absolute atomic E-state index is 12.4. The molecular formula is C13H21N3O5. The molecule has 2 heterocycles. The molecule has 2 saturated heterocycles. The number of nitrogens with one attached hydrogen (secondary N) is 1. The number of urea groups is 1. The minimum Gasteiger partial charge on any atom is -0.480 e. The van der Waals surface area contributed by atoms with Crippen molar-refractivity contribution in [2.24, 2.45) is 5.92 Å². The summed E-state index contributed by atoms with van der Waals surface area (Å²) in [5, 5.41) is 21.3. The molecule has 0 aliphatic carbocycles. The molecule has 0 unspecified atom stereocenters. The highest BCUT2D eigenvalue weighted by atomic mass is 16.4. The monoisotopic (exact) mass is 299 g/mol. The molecule has 2 atom stereocenters. The molecule has 8 nitrogen and oxygen atoms in total. The molecule has 0 aromatic carbocycles. The zero-order valence-corrected chi connectivity index (χ0v) is 12.0. The van der Waals surface area contributed by atoms with Crippen molar-refractivity contribution in [3.05, 3.63) is 0 Å². The summed E-state index contributed by atoms with van der Waals surface area (Å²) >= 11 is 0. The molecular weight excluding hydrogens is 278 g/mol. The van der Waals surface area contributed by atoms with Gasteiger partial charge in [0, 0.05) is 39.0 Å². The van der Waals surface area contributed by atoms with E-state index in [1.165, 1.54) is 4.90 Å². The lowest BCUT2D eigenvalue weighted by Crippen LogP contribution is -2.51. The Bertz CT molecular complexity index is 434. The first-order chi connectivity index (χ1) is 9.93. The van der Waals surface area contributed by atoms with E-state index in [-0.39, 0.29) is 30.8 Å². The van der Waals surface area contributed by atoms with Crippen molar-refractivity contribution in [2.45, 2.75) is 31.4 Å². The van der Waals surface area contributed by atoms with Crippen LogP contribution in [0.3, 0.4) is 0 Å². The third-order valence-electron chi connectivity index (χ3n) is 4.19. The van der Waals surface area contributed by atoms with Crippen LogP contribution < -0.4 is 5.32 Å². The lowest BCUT2D eigenvalue weighted by Gasteiger charge is -2.35. The number of aliphatic hydroxyl groups excluding tert-OH is 1. The second kappa shape index (κ2) is 6.30. The Morgan fingerprint density at radius 2 is 1.81 bits per heavy atom. The van der Waals surface area contributed by atoms with E-state index < -0.39 is 18.1 Å². The normalized spacial score (nSPS) is 26.8. The Labute approximate surface area is 122 Å². The van der Waals surface area contributed by atoms with Crippen LogP contribution in [-0.2, 0) is 9.59 Å². The van der Waals surface area contributed by atoms with Crippen LogP contribution in [0.4, 0.5) is 4.79 Å². The van der Waals surface area contributed by atoms with Crippen molar-refractivity contribution < 1.29 is 24.6 Å². The molecule has 0 saturated carbocycles. The average molecular weight is 299 g/mol. The third-order valence-corrected chi connectivity index (χ3v) is 4.19. The number of hydrogen-bond acceptors (Lipinski definition) is 4. The number of amides is 3. The fourth-order valence-electron chi connectivity index (χ4n) is 2.98. The van der Waals surface area contributed by atoms with Gasteiger partial charge >= 0.3 is 12.0 Å². The number of nitrogens with zero attached hydrogens (tertiary/aromatic N) is 2. The SMILES string of the molecule is CNC(=O)C1CCN(C(=O)N2C[C@H](O)C[C@H]2C(=O)O)CC1. The summed E-state index contributed by atoms with van der Waals surface area (Å²) in [7, 11) is 1.59. The number of carboxylic acids is 1. The van der Waals surface area contributed by atoms with Crippen molar-refractivity contribution in [1.29, 1.82) is 0 Å². The molecule has 2 rings (SSSR count). The molecule has 2 aliphatic rings. The van der Waals surface area contributed by atoms with Gasteiger partial charge in [-0.1, -0.05) is 0 Å². The summed E-state index contributed by atoms with van der Waals surface area (Å²) < 4.78 is 0. The van der Waals surface area contributed by atoms with Crippen LogP contribution in [0.2, 0.25) is 0 Å². The van der Waals surface area contributed by atoms with Crippen LogP contribution >= 0.6 is 0 Å². The van der Waals surface area contributed by atoms with Gasteiger partial charge in [-0.3, -0.25) is 4.79 Å². The van der Waals surface area contributed by atoms with Gasteiger partial charge in [0.05, 0.1) is 6.10 Å². The quantitative estimate of drug-likeness (QED) is 0.611. The molecule has 0 aromatic rings. The molecule has 0 radical (unpaired) electrons. The minimum atomic E-state index is -1.10. The number of carbonyl (C=O) groups excluding carboxylic acids is 2. The fraction of sp³-hybridized carbons (Fsp3) is 0.769. The molecule has 8 heteroatoms. The number of carbonyl (C=O) groups is 3. The van der Waals surface area contributed by atoms with Gasteiger partial charge in [0.15, 0.2) is 0 Å². The zero-order valence-electron chi connectivity index (χ0n) is 12.0. The summed E-state index contributed by atoms with van der Waals surface area (Å²) in [4.78, 5) is 37.9. The van der Waals surface area contributed by atoms with Gasteiger partial charge in [-0.05, 0) is 12.8 Å². The maximum Gasteiger partial charge on any atom is 0.326 e. The van der Waals surface area contributed by atoms with Crippen LogP contribution in [0, 0.1) is 5.92 Å². The Morgan fingerprint density at radius 1 is 1.19 bits per heavy atom. The first-order valence-electron chi connectivity index (χ1n) is 7.12. The Kier molecular flexibility index (Phi) is 4.66. The molecule has 0 spiro atoms. The van der Waals surface area contributed by atoms with Crippen LogP contribution in [0.5, 0.6) is 0 Å². The van der Waals surface area contributed by atoms with E-state index >= 15 is 0 Å². The number of hydrogen-bond donors (Lipinski definition) is 3. The largest absolute Gasteiger partial charge is 0.480 e. The topological polar surface area (TPSA) is 110 Å². The van der Waals surface area contributed by atoms with Crippen molar-refractivity contribution in [2.75, 3.05) is 26.7 Å². The molecule has 0 bridgehead atoms. The minimum absolute atomic E-state index is 0.0258. The van der Waals surface area contributed by atoms with Gasteiger partial charge in [0.2, 0.25) is 5.91 Å². The van der Waals surface area contributed by atoms with Gasteiger partial charge in [-0.15, -0.1) is 0 Å². The summed E-state index contributed by atoms with van der Waals surface area (Å²) in [6, 6.07) is -1.33. The zero-order chi connectivity index (χ0) is 15.6. The van der Waals surface area contributed by atoms with Crippen LogP contribution in [0.1, 0.15) is 19.3 Å². The van der Waals surface area contributed by atoms with E-state index in [2.05, 4.69) is 5.32 Å². The first-order valence-corrected chi connectivity index (χ1v) is 7.12. The van der Waals surface area contributed by atoms with Gasteiger partial charge in [0.25, 0.3) is 0 Å². The Balaban J connectivity index is 1.95. The van der Waals surface area contributed by atoms with E-state index in [4.69, 9.17) is 5.11 Å². The van der Waals surface area contributed by atoms with Crippen molar-refractivity contribution in [3.8, 4) is 0 Å². The van der Waals surface area contributed by atoms with Gasteiger partial charge in [-0.25, -0.2) is 9.59 Å². The van der Waals surface area contributed by atoms with Gasteiger partial charge < -0.3 is 25.3 Å². The predicted octanol–water partition coefficient (Wildman–Crippen LogP) is -0.916. The van der Waals surface area contributed by atoms with E-state index in [0.717, 1.165) is 0 Å². The number of rotatable bonds is 2. The smallest absolute Gasteiger partial charge is 0.326 e. The standard InChI is InChI=1S/C13H21N3O5/c1-14-11(18)8-2-4-15(5-3-8)13(21)16-7-9(17)6-10(16)12(19)20/h8-10,17H,2-7H2,1H3,(H,14,18)(H,19,20)/t9-,10+/m1/s1. The summed E-state index contributed by atoms with van der Waals surface area (Å²) in [6.45, 7) is 0.900. The molecule has 0 aromatic heterocycles. The van der Waals surface area contributed by atoms with E-state index in [1.54, 1.807) is 11.9 Å². The number of likely N-dealkylation sites (tertiary alicyclic amines) is 2. The Morgan fingerprint density at radius 3 is 2.33 bits per heavy atom. The number of aliphatic carboxylic acids is 1.